The maximum atomic E-state index is 13.8. The molecule has 0 unspecified atom stereocenters. The SMILES string of the molecule is Cc1ccc(NC(=O)CSc2nc3c(sc(=S)n3-c3ccccc3C)c(=O)n2-c2ccccc2)cc1Cl. The third-order valence-electron chi connectivity index (χ3n) is 5.74. The minimum Gasteiger partial charge on any atom is -0.325 e. The summed E-state index contributed by atoms with van der Waals surface area (Å²) < 4.78 is 4.36. The molecule has 0 fully saturated rings. The summed E-state index contributed by atoms with van der Waals surface area (Å²) in [7, 11) is 0. The van der Waals surface area contributed by atoms with Crippen molar-refractivity contribution in [3.63, 3.8) is 0 Å². The molecule has 3 aromatic carbocycles. The Morgan fingerprint density at radius 3 is 2.49 bits per heavy atom. The van der Waals surface area contributed by atoms with Gasteiger partial charge in [-0.1, -0.05) is 77.2 Å². The average molecular weight is 565 g/mol. The summed E-state index contributed by atoms with van der Waals surface area (Å²) in [5.41, 5.74) is 4.33. The molecule has 0 atom stereocenters. The van der Waals surface area contributed by atoms with E-state index in [0.29, 0.717) is 35.9 Å². The van der Waals surface area contributed by atoms with Gasteiger partial charge in [-0.05, 0) is 67.5 Å². The molecule has 37 heavy (non-hydrogen) atoms. The van der Waals surface area contributed by atoms with Crippen molar-refractivity contribution in [3.05, 3.63) is 103 Å². The average Bonchev–Trinajstić information content (AvgIpc) is 3.22. The molecule has 2 aromatic heterocycles. The molecule has 1 N–H and O–H groups in total. The quantitative estimate of drug-likeness (QED) is 0.137. The molecule has 0 bridgehead atoms. The fourth-order valence-corrected chi connectivity index (χ4v) is 6.14. The van der Waals surface area contributed by atoms with Crippen LogP contribution >= 0.6 is 46.9 Å². The number of hydrogen-bond acceptors (Lipinski definition) is 6. The highest BCUT2D eigenvalue weighted by atomic mass is 35.5. The zero-order valence-corrected chi connectivity index (χ0v) is 23.1. The largest absolute Gasteiger partial charge is 0.325 e. The fraction of sp³-hybridized carbons (Fsp3) is 0.111. The molecule has 10 heteroatoms. The monoisotopic (exact) mass is 564 g/mol. The summed E-state index contributed by atoms with van der Waals surface area (Å²) in [4.78, 5) is 31.5. The second kappa shape index (κ2) is 10.6. The Bertz CT molecular complexity index is 1760. The molecule has 5 rings (SSSR count). The summed E-state index contributed by atoms with van der Waals surface area (Å²) in [6, 6.07) is 22.5. The summed E-state index contributed by atoms with van der Waals surface area (Å²) in [6.45, 7) is 3.89. The van der Waals surface area contributed by atoms with E-state index >= 15 is 0 Å². The smallest absolute Gasteiger partial charge is 0.278 e. The Hall–Kier alpha value is -3.24. The van der Waals surface area contributed by atoms with Crippen LogP contribution in [0.25, 0.3) is 21.7 Å². The lowest BCUT2D eigenvalue weighted by molar-refractivity contribution is -0.113. The fourth-order valence-electron chi connectivity index (χ4n) is 3.86. The highest BCUT2D eigenvalue weighted by molar-refractivity contribution is 7.99. The van der Waals surface area contributed by atoms with Gasteiger partial charge in [-0.25, -0.2) is 4.98 Å². The van der Waals surface area contributed by atoms with Gasteiger partial charge in [0.15, 0.2) is 14.8 Å². The summed E-state index contributed by atoms with van der Waals surface area (Å²) in [6.07, 6.45) is 0. The van der Waals surface area contributed by atoms with Crippen molar-refractivity contribution in [3.8, 4) is 11.4 Å². The van der Waals surface area contributed by atoms with Crippen LogP contribution < -0.4 is 10.9 Å². The number of nitrogens with one attached hydrogen (secondary N) is 1. The first-order valence-corrected chi connectivity index (χ1v) is 13.9. The normalized spacial score (nSPS) is 11.1. The number of para-hydroxylation sites is 2. The summed E-state index contributed by atoms with van der Waals surface area (Å²) in [5, 5.41) is 3.84. The molecule has 0 saturated carbocycles. The molecule has 6 nitrogen and oxygen atoms in total. The Kier molecular flexibility index (Phi) is 7.30. The Balaban J connectivity index is 1.58. The number of amides is 1. The van der Waals surface area contributed by atoms with Gasteiger partial charge in [-0.15, -0.1) is 0 Å². The minimum atomic E-state index is -0.236. The van der Waals surface area contributed by atoms with Gasteiger partial charge < -0.3 is 5.32 Å². The van der Waals surface area contributed by atoms with E-state index in [0.717, 1.165) is 16.8 Å². The molecule has 0 aliphatic carbocycles. The number of nitrogens with zero attached hydrogens (tertiary/aromatic N) is 3. The van der Waals surface area contributed by atoms with E-state index < -0.39 is 0 Å². The van der Waals surface area contributed by atoms with Crippen molar-refractivity contribution < 1.29 is 4.79 Å². The molecular weight excluding hydrogens is 544 g/mol. The van der Waals surface area contributed by atoms with Crippen molar-refractivity contribution >= 4 is 68.9 Å². The van der Waals surface area contributed by atoms with Gasteiger partial charge >= 0.3 is 0 Å². The number of thioether (sulfide) groups is 1. The Morgan fingerprint density at radius 2 is 1.76 bits per heavy atom. The number of rotatable bonds is 6. The van der Waals surface area contributed by atoms with Gasteiger partial charge in [-0.3, -0.25) is 18.7 Å². The van der Waals surface area contributed by atoms with Crippen LogP contribution in [-0.2, 0) is 4.79 Å². The second-order valence-corrected chi connectivity index (χ2v) is 11.3. The van der Waals surface area contributed by atoms with E-state index in [4.69, 9.17) is 28.8 Å². The van der Waals surface area contributed by atoms with Crippen LogP contribution in [0.15, 0.2) is 82.7 Å². The lowest BCUT2D eigenvalue weighted by Gasteiger charge is -2.13. The Morgan fingerprint density at radius 1 is 1.03 bits per heavy atom. The first-order valence-electron chi connectivity index (χ1n) is 11.3. The topological polar surface area (TPSA) is 68.9 Å². The van der Waals surface area contributed by atoms with Crippen molar-refractivity contribution in [2.24, 2.45) is 0 Å². The van der Waals surface area contributed by atoms with Crippen LogP contribution in [0.4, 0.5) is 5.69 Å². The number of thiazole rings is 1. The van der Waals surface area contributed by atoms with E-state index in [1.807, 2.05) is 79.1 Å². The number of carbonyl (C=O) groups is 1. The molecule has 2 heterocycles. The molecule has 186 valence electrons. The van der Waals surface area contributed by atoms with Crippen molar-refractivity contribution in [1.29, 1.82) is 0 Å². The van der Waals surface area contributed by atoms with E-state index in [9.17, 15) is 9.59 Å². The van der Waals surface area contributed by atoms with E-state index in [1.165, 1.54) is 27.7 Å². The number of benzene rings is 3. The third-order valence-corrected chi connectivity index (χ3v) is 8.43. The zero-order valence-electron chi connectivity index (χ0n) is 19.9. The maximum absolute atomic E-state index is 13.8. The number of hydrogen-bond donors (Lipinski definition) is 1. The van der Waals surface area contributed by atoms with Gasteiger partial charge in [0.2, 0.25) is 5.91 Å². The van der Waals surface area contributed by atoms with Crippen LogP contribution in [0, 0.1) is 17.8 Å². The van der Waals surface area contributed by atoms with Crippen LogP contribution in [0.1, 0.15) is 11.1 Å². The van der Waals surface area contributed by atoms with Gasteiger partial charge in [-0.2, -0.15) is 0 Å². The predicted molar refractivity (Wildman–Crippen MR) is 156 cm³/mol. The highest BCUT2D eigenvalue weighted by Crippen LogP contribution is 2.29. The molecule has 1 amide bonds. The van der Waals surface area contributed by atoms with Crippen molar-refractivity contribution in [1.82, 2.24) is 14.1 Å². The Labute approximate surface area is 231 Å². The van der Waals surface area contributed by atoms with Crippen LogP contribution in [0.3, 0.4) is 0 Å². The third kappa shape index (κ3) is 5.13. The highest BCUT2D eigenvalue weighted by Gasteiger charge is 2.20. The number of halogens is 1. The standard InChI is InChI=1S/C27H21ClN4O2S3/c1-16-12-13-18(14-20(16)28)29-22(33)15-36-26-30-24-23(25(34)31(26)19-9-4-3-5-10-19)37-27(35)32(24)21-11-7-6-8-17(21)2/h3-14H,15H2,1-2H3,(H,29,33). The number of fused-ring (bicyclic) bond motifs is 1. The first kappa shape index (κ1) is 25.4. The molecule has 0 saturated heterocycles. The number of aryl methyl sites for hydroxylation is 2. The molecule has 0 aliphatic rings. The predicted octanol–water partition coefficient (Wildman–Crippen LogP) is 6.97. The second-order valence-electron chi connectivity index (χ2n) is 8.31. The molecular formula is C27H21ClN4O2S3. The number of anilines is 1. The molecule has 0 spiro atoms. The molecule has 0 aliphatic heterocycles. The van der Waals surface area contributed by atoms with E-state index in [2.05, 4.69) is 5.32 Å². The van der Waals surface area contributed by atoms with Gasteiger partial charge in [0.05, 0.1) is 17.1 Å². The van der Waals surface area contributed by atoms with Gasteiger partial charge in [0, 0.05) is 10.7 Å². The van der Waals surface area contributed by atoms with Crippen LogP contribution in [-0.4, -0.2) is 25.8 Å². The lowest BCUT2D eigenvalue weighted by atomic mass is 10.2. The van der Waals surface area contributed by atoms with Crippen LogP contribution in [0.2, 0.25) is 5.02 Å². The zero-order chi connectivity index (χ0) is 26.1. The van der Waals surface area contributed by atoms with Crippen molar-refractivity contribution in [2.45, 2.75) is 19.0 Å². The van der Waals surface area contributed by atoms with E-state index in [1.54, 1.807) is 12.1 Å². The van der Waals surface area contributed by atoms with Crippen molar-refractivity contribution in [2.75, 3.05) is 11.1 Å². The summed E-state index contributed by atoms with van der Waals surface area (Å²) >= 11 is 14.3. The summed E-state index contributed by atoms with van der Waals surface area (Å²) in [5.74, 6) is -0.189. The minimum absolute atomic E-state index is 0.0471. The number of carbonyl (C=O) groups excluding carboxylic acids is 1. The van der Waals surface area contributed by atoms with Gasteiger partial charge in [0.1, 0.15) is 4.70 Å². The van der Waals surface area contributed by atoms with Crippen LogP contribution in [0.5, 0.6) is 0 Å². The first-order chi connectivity index (χ1) is 17.8. The van der Waals surface area contributed by atoms with E-state index in [-0.39, 0.29) is 17.2 Å². The molecule has 0 radical (unpaired) electrons. The number of aromatic nitrogens is 3. The molecule has 5 aromatic rings. The van der Waals surface area contributed by atoms with Gasteiger partial charge in [0.25, 0.3) is 5.56 Å². The lowest BCUT2D eigenvalue weighted by Crippen LogP contribution is -2.22. The maximum Gasteiger partial charge on any atom is 0.278 e.